The van der Waals surface area contributed by atoms with E-state index in [2.05, 4.69) is 146 Å². The average Bonchev–Trinajstić information content (AvgIpc) is 3.66. The van der Waals surface area contributed by atoms with E-state index >= 15 is 0 Å². The molecule has 0 atom stereocenters. The third kappa shape index (κ3) is 4.00. The van der Waals surface area contributed by atoms with Crippen molar-refractivity contribution in [3.63, 3.8) is 0 Å². The van der Waals surface area contributed by atoms with Crippen LogP contribution in [0.15, 0.2) is 158 Å². The van der Waals surface area contributed by atoms with Crippen molar-refractivity contribution < 1.29 is 0 Å². The van der Waals surface area contributed by atoms with Crippen molar-refractivity contribution in [1.29, 1.82) is 0 Å². The van der Waals surface area contributed by atoms with E-state index in [0.717, 1.165) is 39.2 Å². The van der Waals surface area contributed by atoms with Crippen molar-refractivity contribution >= 4 is 54.3 Å². The normalized spacial score (nSPS) is 13.3. The van der Waals surface area contributed by atoms with Crippen LogP contribution >= 0.6 is 0 Å². The van der Waals surface area contributed by atoms with E-state index < -0.39 is 0 Å². The summed E-state index contributed by atoms with van der Waals surface area (Å²) in [4.78, 5) is 15.4. The highest BCUT2D eigenvalue weighted by atomic mass is 15.1. The number of rotatable bonds is 3. The summed E-state index contributed by atoms with van der Waals surface area (Å²) in [6.45, 7) is 4.75. The van der Waals surface area contributed by atoms with E-state index in [1.165, 1.54) is 60.0 Å². The van der Waals surface area contributed by atoms with Gasteiger partial charge in [-0.2, -0.15) is 0 Å². The fourth-order valence-corrected chi connectivity index (χ4v) is 8.81. The van der Waals surface area contributed by atoms with Crippen LogP contribution in [0.3, 0.4) is 0 Å². The minimum absolute atomic E-state index is 0.202. The molecule has 0 fully saturated rings. The van der Waals surface area contributed by atoms with Gasteiger partial charge in [0.2, 0.25) is 0 Å². The van der Waals surface area contributed by atoms with Crippen LogP contribution in [0.4, 0.5) is 0 Å². The van der Waals surface area contributed by atoms with Gasteiger partial charge in [-0.15, -0.1) is 0 Å². The van der Waals surface area contributed by atoms with Gasteiger partial charge in [0, 0.05) is 39.6 Å². The van der Waals surface area contributed by atoms with Gasteiger partial charge in [-0.25, -0.2) is 15.0 Å². The number of benzene rings is 7. The summed E-state index contributed by atoms with van der Waals surface area (Å²) >= 11 is 0. The molecule has 0 unspecified atom stereocenters. The average molecular weight is 665 g/mol. The van der Waals surface area contributed by atoms with Gasteiger partial charge in [-0.3, -0.25) is 4.57 Å². The van der Waals surface area contributed by atoms with Crippen LogP contribution in [0.1, 0.15) is 25.0 Å². The summed E-state index contributed by atoms with van der Waals surface area (Å²) in [5.74, 6) is 1.47. The van der Waals surface area contributed by atoms with Gasteiger partial charge in [0.15, 0.2) is 5.82 Å². The van der Waals surface area contributed by atoms with Crippen LogP contribution in [-0.2, 0) is 5.41 Å². The molecule has 3 heterocycles. The van der Waals surface area contributed by atoms with E-state index in [0.29, 0.717) is 5.82 Å². The number of nitrogens with zero attached hydrogens (tertiary/aromatic N) is 4. The quantitative estimate of drug-likeness (QED) is 0.177. The third-order valence-electron chi connectivity index (χ3n) is 11.2. The zero-order valence-electron chi connectivity index (χ0n) is 28.8. The molecule has 11 rings (SSSR count). The van der Waals surface area contributed by atoms with Crippen LogP contribution in [0.25, 0.3) is 93.8 Å². The number of pyridine rings is 1. The molecule has 0 aliphatic heterocycles. The first-order valence-electron chi connectivity index (χ1n) is 17.9. The zero-order valence-corrected chi connectivity index (χ0v) is 28.8. The van der Waals surface area contributed by atoms with E-state index in [9.17, 15) is 0 Å². The summed E-state index contributed by atoms with van der Waals surface area (Å²) in [5.41, 5.74) is 9.90. The molecule has 0 spiro atoms. The lowest BCUT2D eigenvalue weighted by Gasteiger charge is -2.22. The van der Waals surface area contributed by atoms with Gasteiger partial charge in [-0.05, 0) is 84.9 Å². The molecule has 0 bridgehead atoms. The van der Waals surface area contributed by atoms with Crippen molar-refractivity contribution in [3.05, 3.63) is 169 Å². The van der Waals surface area contributed by atoms with Gasteiger partial charge in [0.1, 0.15) is 11.5 Å². The van der Waals surface area contributed by atoms with E-state index in [1.807, 2.05) is 30.5 Å². The molecular formula is C48H32N4. The molecule has 7 aromatic carbocycles. The summed E-state index contributed by atoms with van der Waals surface area (Å²) < 4.78 is 2.24. The number of hydrogen-bond donors (Lipinski definition) is 0. The second kappa shape index (κ2) is 10.7. The van der Waals surface area contributed by atoms with Crippen LogP contribution in [0.5, 0.6) is 0 Å². The minimum atomic E-state index is -0.202. The first-order chi connectivity index (χ1) is 25.6. The van der Waals surface area contributed by atoms with E-state index in [4.69, 9.17) is 15.0 Å². The van der Waals surface area contributed by atoms with E-state index in [-0.39, 0.29) is 5.41 Å². The molecule has 1 aliphatic rings. The topological polar surface area (TPSA) is 43.6 Å². The molecule has 10 aromatic rings. The maximum Gasteiger partial charge on any atom is 0.162 e. The molecule has 244 valence electrons. The number of hydrogen-bond acceptors (Lipinski definition) is 3. The fraction of sp³-hybridized carbons (Fsp3) is 0.0625. The third-order valence-corrected chi connectivity index (χ3v) is 11.2. The molecular weight excluding hydrogens is 633 g/mol. The Morgan fingerprint density at radius 3 is 1.79 bits per heavy atom. The smallest absolute Gasteiger partial charge is 0.162 e. The van der Waals surface area contributed by atoms with E-state index in [1.54, 1.807) is 0 Å². The van der Waals surface area contributed by atoms with Crippen molar-refractivity contribution in [2.75, 3.05) is 0 Å². The second-order valence-corrected chi connectivity index (χ2v) is 14.4. The summed E-state index contributed by atoms with van der Waals surface area (Å²) in [6.07, 6.45) is 1.89. The Labute approximate surface area is 300 Å². The SMILES string of the molecule is CC1(C)c2cc3c4ccccc4c4ccccc4c3cc2-c2c1ccc1c2c2cccnc2n1-c1cc(-c2ccccc2)nc(-c2ccccc2)n1. The standard InChI is InChI=1S/C48H32N4/c1-48(2)39-23-24-42-45(44(39)38-26-36-33-20-11-9-18-31(33)32-19-10-12-21-34(32)37(36)27-40(38)48)35-22-13-25-49-47(35)52(42)43-28-41(29-14-5-3-6-15-29)50-46(51-43)30-16-7-4-8-17-30/h3-28H,1-2H3. The summed E-state index contributed by atoms with van der Waals surface area (Å²) in [7, 11) is 0. The molecule has 0 saturated heterocycles. The zero-order chi connectivity index (χ0) is 34.6. The Morgan fingerprint density at radius 1 is 0.500 bits per heavy atom. The molecule has 52 heavy (non-hydrogen) atoms. The van der Waals surface area contributed by atoms with Crippen LogP contribution in [-0.4, -0.2) is 19.5 Å². The lowest BCUT2D eigenvalue weighted by molar-refractivity contribution is 0.661. The Hall–Kier alpha value is -6.65. The molecule has 0 amide bonds. The highest BCUT2D eigenvalue weighted by Gasteiger charge is 2.38. The highest BCUT2D eigenvalue weighted by Crippen LogP contribution is 2.55. The Kier molecular flexibility index (Phi) is 5.98. The maximum absolute atomic E-state index is 5.25. The minimum Gasteiger partial charge on any atom is -0.278 e. The Morgan fingerprint density at radius 2 is 1.10 bits per heavy atom. The molecule has 3 aromatic heterocycles. The van der Waals surface area contributed by atoms with Crippen molar-refractivity contribution in [3.8, 4) is 39.6 Å². The fourth-order valence-electron chi connectivity index (χ4n) is 8.81. The van der Waals surface area contributed by atoms with Gasteiger partial charge in [0.05, 0.1) is 11.2 Å². The Balaban J connectivity index is 1.25. The number of aromatic nitrogens is 4. The largest absolute Gasteiger partial charge is 0.278 e. The van der Waals surface area contributed by atoms with Crippen LogP contribution in [0.2, 0.25) is 0 Å². The number of fused-ring (bicyclic) bond motifs is 13. The highest BCUT2D eigenvalue weighted by molar-refractivity contribution is 6.27. The van der Waals surface area contributed by atoms with Gasteiger partial charge < -0.3 is 0 Å². The monoisotopic (exact) mass is 664 g/mol. The summed E-state index contributed by atoms with van der Waals surface area (Å²) in [5, 5.41) is 10.1. The van der Waals surface area contributed by atoms with Gasteiger partial charge in [0.25, 0.3) is 0 Å². The molecule has 0 radical (unpaired) electrons. The predicted octanol–water partition coefficient (Wildman–Crippen LogP) is 12.1. The predicted molar refractivity (Wildman–Crippen MR) is 215 cm³/mol. The Bertz CT molecular complexity index is 3030. The molecule has 4 heteroatoms. The lowest BCUT2D eigenvalue weighted by atomic mass is 9.81. The van der Waals surface area contributed by atoms with Crippen LogP contribution < -0.4 is 0 Å². The van der Waals surface area contributed by atoms with Gasteiger partial charge >= 0.3 is 0 Å². The molecule has 0 saturated carbocycles. The second-order valence-electron chi connectivity index (χ2n) is 14.4. The first kappa shape index (κ1) is 29.1. The molecule has 4 nitrogen and oxygen atoms in total. The van der Waals surface area contributed by atoms with Crippen molar-refractivity contribution in [1.82, 2.24) is 19.5 Å². The summed E-state index contributed by atoms with van der Waals surface area (Å²) in [6, 6.07) is 54.2. The molecule has 0 N–H and O–H groups in total. The van der Waals surface area contributed by atoms with Crippen LogP contribution in [0, 0.1) is 0 Å². The van der Waals surface area contributed by atoms with Crippen molar-refractivity contribution in [2.45, 2.75) is 19.3 Å². The molecule has 1 aliphatic carbocycles. The van der Waals surface area contributed by atoms with Crippen molar-refractivity contribution in [2.24, 2.45) is 0 Å². The van der Waals surface area contributed by atoms with Gasteiger partial charge in [-0.1, -0.05) is 129 Å². The lowest BCUT2D eigenvalue weighted by Crippen LogP contribution is -2.15. The maximum atomic E-state index is 5.25. The first-order valence-corrected chi connectivity index (χ1v) is 17.9.